The number of hydrogen-bond acceptors (Lipinski definition) is 6. The second-order valence-electron chi connectivity index (χ2n) is 5.62. The summed E-state index contributed by atoms with van der Waals surface area (Å²) in [5, 5.41) is 16.4. The minimum atomic E-state index is -1.05. The third-order valence-corrected chi connectivity index (χ3v) is 3.51. The first-order chi connectivity index (χ1) is 11.8. The van der Waals surface area contributed by atoms with Gasteiger partial charge in [-0.05, 0) is 25.0 Å². The van der Waals surface area contributed by atoms with Gasteiger partial charge in [0.1, 0.15) is 12.3 Å². The van der Waals surface area contributed by atoms with Crippen LogP contribution >= 0.6 is 0 Å². The van der Waals surface area contributed by atoms with E-state index in [2.05, 4.69) is 0 Å². The minimum Gasteiger partial charge on any atom is -0.480 e. The molecule has 1 atom stereocenters. The van der Waals surface area contributed by atoms with E-state index in [1.165, 1.54) is 56.4 Å². The van der Waals surface area contributed by atoms with Crippen LogP contribution in [0.15, 0.2) is 24.3 Å². The number of aromatic carboxylic acids is 1. The maximum atomic E-state index is 10.3. The molecule has 8 nitrogen and oxygen atoms in total. The number of rotatable bonds is 4. The van der Waals surface area contributed by atoms with Crippen LogP contribution in [0, 0.1) is 0 Å². The summed E-state index contributed by atoms with van der Waals surface area (Å²) in [5.41, 5.74) is 16.1. The van der Waals surface area contributed by atoms with Crippen LogP contribution in [0.25, 0.3) is 0 Å². The molecule has 0 saturated heterocycles. The number of hydrogen-bond donors (Lipinski definition) is 5. The molecule has 1 aromatic rings. The molecule has 2 rings (SSSR count). The van der Waals surface area contributed by atoms with Gasteiger partial charge in [0.15, 0.2) is 0 Å². The molecule has 0 bridgehead atoms. The fourth-order valence-electron chi connectivity index (χ4n) is 1.94. The molecule has 1 saturated carbocycles. The Bertz CT molecular complexity index is 528. The van der Waals surface area contributed by atoms with E-state index in [1.54, 1.807) is 0 Å². The number of benzene rings is 1. The van der Waals surface area contributed by atoms with Gasteiger partial charge in [-0.2, -0.15) is 0 Å². The molecule has 0 spiro atoms. The highest BCUT2D eigenvalue weighted by Crippen LogP contribution is 2.14. The highest BCUT2D eigenvalue weighted by molar-refractivity contribution is 5.88. The molecule has 0 amide bonds. The van der Waals surface area contributed by atoms with Crippen molar-refractivity contribution in [1.82, 2.24) is 0 Å². The second-order valence-corrected chi connectivity index (χ2v) is 5.62. The molecule has 1 aliphatic rings. The van der Waals surface area contributed by atoms with Crippen molar-refractivity contribution in [2.24, 2.45) is 17.2 Å². The van der Waals surface area contributed by atoms with Crippen LogP contribution in [0.1, 0.15) is 52.8 Å². The zero-order chi connectivity index (χ0) is 19.2. The van der Waals surface area contributed by atoms with Crippen molar-refractivity contribution in [1.29, 1.82) is 0 Å². The molecule has 8 heteroatoms. The van der Waals surface area contributed by atoms with Crippen LogP contribution in [-0.2, 0) is 4.79 Å². The maximum absolute atomic E-state index is 10.3. The largest absolute Gasteiger partial charge is 0.480 e. The van der Waals surface area contributed by atoms with E-state index in [4.69, 9.17) is 27.4 Å². The van der Waals surface area contributed by atoms with Crippen LogP contribution in [0.5, 0.6) is 0 Å². The Hall–Kier alpha value is -2.29. The molecule has 8 N–H and O–H groups in total. The summed E-state index contributed by atoms with van der Waals surface area (Å²) in [5.74, 6) is -2.04. The normalized spacial score (nSPS) is 14.8. The number of aldehydes is 1. The molecule has 1 aromatic carbocycles. The minimum absolute atomic E-state index is 0.00463. The van der Waals surface area contributed by atoms with Gasteiger partial charge in [0.2, 0.25) is 0 Å². The Kier molecular flexibility index (Phi) is 11.9. The van der Waals surface area contributed by atoms with Crippen LogP contribution in [0.2, 0.25) is 0 Å². The lowest BCUT2D eigenvalue weighted by molar-refractivity contribution is -0.138. The highest BCUT2D eigenvalue weighted by atomic mass is 16.4. The Morgan fingerprint density at radius 2 is 1.64 bits per heavy atom. The van der Waals surface area contributed by atoms with Crippen molar-refractivity contribution in [3.8, 4) is 0 Å². The summed E-state index contributed by atoms with van der Waals surface area (Å²) in [6.45, 7) is -0.00463. The van der Waals surface area contributed by atoms with Gasteiger partial charge >= 0.3 is 11.9 Å². The Labute approximate surface area is 147 Å². The quantitative estimate of drug-likeness (QED) is 0.495. The lowest BCUT2D eigenvalue weighted by Crippen LogP contribution is -2.37. The zero-order valence-electron chi connectivity index (χ0n) is 14.1. The molecule has 140 valence electrons. The average Bonchev–Trinajstić information content (AvgIpc) is 2.62. The van der Waals surface area contributed by atoms with Crippen molar-refractivity contribution < 1.29 is 24.6 Å². The molecule has 0 heterocycles. The topological polar surface area (TPSA) is 170 Å². The van der Waals surface area contributed by atoms with Gasteiger partial charge in [-0.3, -0.25) is 9.59 Å². The lowest BCUT2D eigenvalue weighted by Gasteiger charge is -2.15. The fraction of sp³-hybridized carbons (Fsp3) is 0.471. The fourth-order valence-corrected chi connectivity index (χ4v) is 1.94. The molecule has 1 fully saturated rings. The maximum Gasteiger partial charge on any atom is 0.335 e. The Morgan fingerprint density at radius 3 is 1.88 bits per heavy atom. The summed E-state index contributed by atoms with van der Waals surface area (Å²) in [6, 6.07) is 5.36. The van der Waals surface area contributed by atoms with Gasteiger partial charge in [0.05, 0.1) is 5.56 Å². The van der Waals surface area contributed by atoms with E-state index in [1.807, 2.05) is 0 Å². The van der Waals surface area contributed by atoms with E-state index in [0.717, 1.165) is 0 Å². The number of carbonyl (C=O) groups excluding carboxylic acids is 1. The molecular weight excluding hydrogens is 326 g/mol. The van der Waals surface area contributed by atoms with Crippen LogP contribution in [0.3, 0.4) is 0 Å². The number of carboxylic acid groups (broad SMARTS) is 2. The number of nitrogens with two attached hydrogens (primary N) is 3. The van der Waals surface area contributed by atoms with E-state index >= 15 is 0 Å². The molecule has 0 radical (unpaired) electrons. The van der Waals surface area contributed by atoms with E-state index in [9.17, 15) is 14.4 Å². The van der Waals surface area contributed by atoms with Gasteiger partial charge < -0.3 is 27.4 Å². The SMILES string of the molecule is NC1CCCCC1.NC[C@H](N)C(=O)O.O=Cc1ccc(C(=O)O)cc1. The molecule has 0 unspecified atom stereocenters. The Morgan fingerprint density at radius 1 is 1.12 bits per heavy atom. The van der Waals surface area contributed by atoms with Crippen LogP contribution in [-0.4, -0.2) is 47.1 Å². The third-order valence-electron chi connectivity index (χ3n) is 3.51. The standard InChI is InChI=1S/C8H6O3.C6H13N.C3H8N2O2/c9-5-6-1-3-7(4-2-6)8(10)11;7-6-4-2-1-3-5-6;4-1-2(5)3(6)7/h1-5H,(H,10,11);6H,1-5,7H2;2H,1,4-5H2,(H,6,7)/t;;2-/m..0/s1. The van der Waals surface area contributed by atoms with Gasteiger partial charge in [0, 0.05) is 18.2 Å². The van der Waals surface area contributed by atoms with Crippen molar-refractivity contribution in [3.63, 3.8) is 0 Å². The molecular formula is C17H27N3O5. The van der Waals surface area contributed by atoms with Crippen LogP contribution < -0.4 is 17.2 Å². The number of carboxylic acids is 2. The average molecular weight is 353 g/mol. The van der Waals surface area contributed by atoms with Crippen molar-refractivity contribution in [2.45, 2.75) is 44.2 Å². The van der Waals surface area contributed by atoms with E-state index in [0.29, 0.717) is 17.9 Å². The highest BCUT2D eigenvalue weighted by Gasteiger charge is 2.06. The zero-order valence-corrected chi connectivity index (χ0v) is 14.1. The molecule has 1 aliphatic carbocycles. The first kappa shape index (κ1) is 22.7. The Balaban J connectivity index is 0.000000362. The van der Waals surface area contributed by atoms with E-state index < -0.39 is 18.0 Å². The van der Waals surface area contributed by atoms with Gasteiger partial charge in [-0.25, -0.2) is 4.79 Å². The number of aliphatic carboxylic acids is 1. The first-order valence-electron chi connectivity index (χ1n) is 8.04. The van der Waals surface area contributed by atoms with Crippen molar-refractivity contribution in [2.75, 3.05) is 6.54 Å². The summed E-state index contributed by atoms with van der Waals surface area (Å²) in [4.78, 5) is 30.2. The van der Waals surface area contributed by atoms with Gasteiger partial charge in [-0.1, -0.05) is 31.4 Å². The summed E-state index contributed by atoms with van der Waals surface area (Å²) in [6.07, 6.45) is 7.33. The molecule has 0 aromatic heterocycles. The van der Waals surface area contributed by atoms with Gasteiger partial charge in [0.25, 0.3) is 0 Å². The first-order valence-corrected chi connectivity index (χ1v) is 8.04. The van der Waals surface area contributed by atoms with Crippen molar-refractivity contribution in [3.05, 3.63) is 35.4 Å². The number of carbonyl (C=O) groups is 3. The summed E-state index contributed by atoms with van der Waals surface area (Å²) < 4.78 is 0. The molecule has 25 heavy (non-hydrogen) atoms. The van der Waals surface area contributed by atoms with Crippen LogP contribution in [0.4, 0.5) is 0 Å². The smallest absolute Gasteiger partial charge is 0.335 e. The van der Waals surface area contributed by atoms with Gasteiger partial charge in [-0.15, -0.1) is 0 Å². The summed E-state index contributed by atoms with van der Waals surface area (Å²) >= 11 is 0. The summed E-state index contributed by atoms with van der Waals surface area (Å²) in [7, 11) is 0. The predicted molar refractivity (Wildman–Crippen MR) is 94.5 cm³/mol. The van der Waals surface area contributed by atoms with Crippen molar-refractivity contribution >= 4 is 18.2 Å². The third kappa shape index (κ3) is 11.0. The lowest BCUT2D eigenvalue weighted by atomic mass is 9.97. The second kappa shape index (κ2) is 13.1. The predicted octanol–water partition coefficient (Wildman–Crippen LogP) is 0.832. The monoisotopic (exact) mass is 353 g/mol. The molecule has 0 aliphatic heterocycles. The van der Waals surface area contributed by atoms with E-state index in [-0.39, 0.29) is 12.1 Å².